The fraction of sp³-hybridized carbons (Fsp3) is 0.478. The van der Waals surface area contributed by atoms with Crippen molar-refractivity contribution in [2.24, 2.45) is 0 Å². The molecule has 0 N–H and O–H groups in total. The molecule has 1 aliphatic rings. The van der Waals surface area contributed by atoms with Crippen molar-refractivity contribution in [1.82, 2.24) is 9.88 Å². The highest BCUT2D eigenvalue weighted by Gasteiger charge is 2.31. The topological polar surface area (TPSA) is 70.6 Å². The summed E-state index contributed by atoms with van der Waals surface area (Å²) >= 11 is 1.41. The number of rotatable bonds is 8. The van der Waals surface area contributed by atoms with Crippen LogP contribution in [0.15, 0.2) is 30.5 Å². The van der Waals surface area contributed by atoms with Crippen LogP contribution in [0.5, 0.6) is 0 Å². The van der Waals surface area contributed by atoms with Gasteiger partial charge in [0.05, 0.1) is 10.4 Å². The number of aromatic nitrogens is 1. The average molecular weight is 482 g/mol. The van der Waals surface area contributed by atoms with Gasteiger partial charge in [-0.3, -0.25) is 14.4 Å². The number of carbonyl (C=O) groups excluding carboxylic acids is 3. The Kier molecular flexibility index (Phi) is 8.23. The molecular formula is C23H26F3N3O3S. The monoisotopic (exact) mass is 481 g/mol. The van der Waals surface area contributed by atoms with Crippen LogP contribution >= 0.6 is 11.3 Å². The number of carbonyl (C=O) groups is 3. The Labute approximate surface area is 194 Å². The minimum Gasteiger partial charge on any atom is -0.355 e. The number of hydrogen-bond donors (Lipinski definition) is 0. The maximum atomic E-state index is 12.7. The number of nitrogens with zero attached hydrogens (tertiary/aromatic N) is 3. The Morgan fingerprint density at radius 3 is 2.36 bits per heavy atom. The van der Waals surface area contributed by atoms with Gasteiger partial charge in [0.25, 0.3) is 0 Å². The largest absolute Gasteiger partial charge is 0.417 e. The maximum Gasteiger partial charge on any atom is 0.417 e. The molecule has 3 rings (SSSR count). The summed E-state index contributed by atoms with van der Waals surface area (Å²) in [6, 6.07) is 5.98. The Morgan fingerprint density at radius 1 is 0.970 bits per heavy atom. The van der Waals surface area contributed by atoms with Crippen LogP contribution < -0.4 is 4.90 Å². The lowest BCUT2D eigenvalue weighted by Gasteiger charge is -2.23. The van der Waals surface area contributed by atoms with E-state index < -0.39 is 11.7 Å². The predicted molar refractivity (Wildman–Crippen MR) is 120 cm³/mol. The molecule has 0 aromatic carbocycles. The molecule has 178 valence electrons. The fourth-order valence-electron chi connectivity index (χ4n) is 3.63. The molecule has 0 bridgehead atoms. The molecule has 0 saturated carbocycles. The number of halogens is 3. The molecule has 33 heavy (non-hydrogen) atoms. The van der Waals surface area contributed by atoms with E-state index >= 15 is 0 Å². The third kappa shape index (κ3) is 7.12. The predicted octanol–water partition coefficient (Wildman–Crippen LogP) is 4.52. The van der Waals surface area contributed by atoms with Crippen LogP contribution in [0.25, 0.3) is 0 Å². The molecule has 0 unspecified atom stereocenters. The Morgan fingerprint density at radius 2 is 1.73 bits per heavy atom. The Bertz CT molecular complexity index is 989. The highest BCUT2D eigenvalue weighted by molar-refractivity contribution is 7.14. The number of Topliss-reactive ketones (excluding diaryl/α,β-unsaturated/α-hetero) is 2. The van der Waals surface area contributed by atoms with Crippen molar-refractivity contribution in [2.75, 3.05) is 31.1 Å². The van der Waals surface area contributed by atoms with Gasteiger partial charge < -0.3 is 9.80 Å². The molecule has 0 radical (unpaired) electrons. The van der Waals surface area contributed by atoms with Gasteiger partial charge in [0, 0.05) is 62.9 Å². The molecule has 0 aliphatic carbocycles. The normalized spacial score (nSPS) is 14.8. The lowest BCUT2D eigenvalue weighted by molar-refractivity contribution is -0.137. The molecule has 6 nitrogen and oxygen atoms in total. The van der Waals surface area contributed by atoms with Crippen LogP contribution in [-0.2, 0) is 15.8 Å². The summed E-state index contributed by atoms with van der Waals surface area (Å²) in [6.45, 7) is 3.87. The van der Waals surface area contributed by atoms with Crippen molar-refractivity contribution in [1.29, 1.82) is 0 Å². The first-order chi connectivity index (χ1) is 15.6. The third-order valence-electron chi connectivity index (χ3n) is 5.51. The van der Waals surface area contributed by atoms with E-state index in [4.69, 9.17) is 0 Å². The van der Waals surface area contributed by atoms with Crippen molar-refractivity contribution in [3.05, 3.63) is 45.8 Å². The van der Waals surface area contributed by atoms with Gasteiger partial charge in [-0.15, -0.1) is 11.3 Å². The smallest absolute Gasteiger partial charge is 0.355 e. The van der Waals surface area contributed by atoms with Crippen LogP contribution in [0.1, 0.15) is 52.2 Å². The number of thiophene rings is 1. The molecule has 0 atom stereocenters. The molecule has 3 heterocycles. The zero-order valence-corrected chi connectivity index (χ0v) is 19.2. The number of hydrogen-bond acceptors (Lipinski definition) is 6. The Balaban J connectivity index is 1.42. The van der Waals surface area contributed by atoms with Crippen molar-refractivity contribution in [3.63, 3.8) is 0 Å². The van der Waals surface area contributed by atoms with Gasteiger partial charge in [-0.1, -0.05) is 0 Å². The summed E-state index contributed by atoms with van der Waals surface area (Å²) in [5, 5.41) is 0. The number of pyridine rings is 1. The van der Waals surface area contributed by atoms with Crippen molar-refractivity contribution in [3.8, 4) is 0 Å². The van der Waals surface area contributed by atoms with E-state index in [-0.39, 0.29) is 43.2 Å². The molecule has 1 amide bonds. The van der Waals surface area contributed by atoms with Gasteiger partial charge in [0.2, 0.25) is 5.91 Å². The molecule has 1 saturated heterocycles. The maximum absolute atomic E-state index is 12.7. The molecule has 1 aliphatic heterocycles. The van der Waals surface area contributed by atoms with Gasteiger partial charge in [-0.25, -0.2) is 4.98 Å². The minimum absolute atomic E-state index is 0.0581. The molecule has 1 fully saturated rings. The van der Waals surface area contributed by atoms with E-state index in [1.54, 1.807) is 11.0 Å². The quantitative estimate of drug-likeness (QED) is 0.519. The van der Waals surface area contributed by atoms with Crippen LogP contribution in [0, 0.1) is 6.92 Å². The van der Waals surface area contributed by atoms with Gasteiger partial charge in [0.15, 0.2) is 5.78 Å². The van der Waals surface area contributed by atoms with Gasteiger partial charge in [0.1, 0.15) is 11.6 Å². The second-order valence-corrected chi connectivity index (χ2v) is 9.28. The number of alkyl halides is 3. The number of amides is 1. The molecular weight excluding hydrogens is 455 g/mol. The van der Waals surface area contributed by atoms with Crippen LogP contribution in [0.3, 0.4) is 0 Å². The van der Waals surface area contributed by atoms with Crippen LogP contribution in [0.4, 0.5) is 19.0 Å². The molecule has 2 aromatic rings. The fourth-order valence-corrected chi connectivity index (χ4v) is 4.46. The minimum atomic E-state index is -4.43. The first-order valence-corrected chi connectivity index (χ1v) is 11.6. The highest BCUT2D eigenvalue weighted by Crippen LogP contribution is 2.29. The van der Waals surface area contributed by atoms with E-state index in [1.807, 2.05) is 17.9 Å². The van der Waals surface area contributed by atoms with E-state index in [9.17, 15) is 27.6 Å². The molecule has 2 aromatic heterocycles. The van der Waals surface area contributed by atoms with Crippen molar-refractivity contribution >= 4 is 34.6 Å². The zero-order chi connectivity index (χ0) is 24.0. The number of anilines is 1. The summed E-state index contributed by atoms with van der Waals surface area (Å²) in [6.07, 6.45) is -2.51. The first kappa shape index (κ1) is 24.9. The standard InChI is InChI=1S/C23H26F3N3O3S/c1-16-3-8-20(33-16)19(31)7-5-18(30)6-10-22(32)29-12-2-11-28(13-14-29)21-9-4-17(15-27-21)23(24,25)26/h3-4,8-9,15H,2,5-7,10-14H2,1H3. The number of ketones is 2. The average Bonchev–Trinajstić information content (AvgIpc) is 3.07. The van der Waals surface area contributed by atoms with Gasteiger partial charge in [-0.05, 0) is 37.6 Å². The second kappa shape index (κ2) is 10.9. The molecule has 0 spiro atoms. The van der Waals surface area contributed by atoms with E-state index in [0.29, 0.717) is 43.3 Å². The van der Waals surface area contributed by atoms with Gasteiger partial charge in [-0.2, -0.15) is 13.2 Å². The summed E-state index contributed by atoms with van der Waals surface area (Å²) in [4.78, 5) is 46.0. The SMILES string of the molecule is Cc1ccc(C(=O)CCC(=O)CCC(=O)N2CCCN(c3ccc(C(F)(F)F)cn3)CC2)s1. The Hall–Kier alpha value is -2.75. The second-order valence-electron chi connectivity index (χ2n) is 8.00. The van der Waals surface area contributed by atoms with E-state index in [2.05, 4.69) is 4.98 Å². The first-order valence-electron chi connectivity index (χ1n) is 10.8. The van der Waals surface area contributed by atoms with E-state index in [0.717, 1.165) is 17.1 Å². The summed E-state index contributed by atoms with van der Waals surface area (Å²) in [5.74, 6) is 0.136. The van der Waals surface area contributed by atoms with E-state index in [1.165, 1.54) is 17.4 Å². The van der Waals surface area contributed by atoms with Crippen LogP contribution in [-0.4, -0.2) is 53.5 Å². The summed E-state index contributed by atoms with van der Waals surface area (Å²) in [5.41, 5.74) is -0.797. The summed E-state index contributed by atoms with van der Waals surface area (Å²) < 4.78 is 38.2. The highest BCUT2D eigenvalue weighted by atomic mass is 32.1. The van der Waals surface area contributed by atoms with Crippen LogP contribution in [0.2, 0.25) is 0 Å². The summed E-state index contributed by atoms with van der Waals surface area (Å²) in [7, 11) is 0. The van der Waals surface area contributed by atoms with Crippen molar-refractivity contribution < 1.29 is 27.6 Å². The van der Waals surface area contributed by atoms with Crippen molar-refractivity contribution in [2.45, 2.75) is 45.2 Å². The lowest BCUT2D eigenvalue weighted by atomic mass is 10.1. The lowest BCUT2D eigenvalue weighted by Crippen LogP contribution is -2.35. The third-order valence-corrected chi connectivity index (χ3v) is 6.55. The van der Waals surface area contributed by atoms with Gasteiger partial charge >= 0.3 is 6.18 Å². The number of aryl methyl sites for hydroxylation is 1. The molecule has 10 heteroatoms. The zero-order valence-electron chi connectivity index (χ0n) is 18.4.